The maximum Gasteiger partial charge on any atom is 0.307 e. The molecular formula is C26H33NO2. The second kappa shape index (κ2) is 7.95. The molecule has 154 valence electrons. The highest BCUT2D eigenvalue weighted by atomic mass is 16.4. The predicted octanol–water partition coefficient (Wildman–Crippen LogP) is 5.80. The lowest BCUT2D eigenvalue weighted by molar-refractivity contribution is -0.136. The molecule has 1 heterocycles. The highest BCUT2D eigenvalue weighted by Crippen LogP contribution is 2.41. The molecule has 0 radical (unpaired) electrons. The number of carboxylic acids is 1. The van der Waals surface area contributed by atoms with E-state index in [-0.39, 0.29) is 6.42 Å². The Morgan fingerprint density at radius 2 is 1.69 bits per heavy atom. The summed E-state index contributed by atoms with van der Waals surface area (Å²) in [6, 6.07) is 9.19. The van der Waals surface area contributed by atoms with Crippen LogP contribution in [0.25, 0.3) is 11.1 Å². The molecule has 1 fully saturated rings. The smallest absolute Gasteiger partial charge is 0.307 e. The van der Waals surface area contributed by atoms with Crippen LogP contribution in [0.5, 0.6) is 0 Å². The molecule has 2 unspecified atom stereocenters. The molecule has 4 rings (SSSR count). The molecule has 1 saturated carbocycles. The number of aryl methyl sites for hydroxylation is 1. The van der Waals surface area contributed by atoms with Gasteiger partial charge in [0.2, 0.25) is 0 Å². The number of carbonyl (C=O) groups is 1. The van der Waals surface area contributed by atoms with Crippen molar-refractivity contribution in [3.05, 3.63) is 57.6 Å². The monoisotopic (exact) mass is 391 g/mol. The number of fused-ring (bicyclic) bond motifs is 1. The lowest BCUT2D eigenvalue weighted by Crippen LogP contribution is -2.34. The minimum absolute atomic E-state index is 0.0869. The third-order valence-electron chi connectivity index (χ3n) is 7.21. The van der Waals surface area contributed by atoms with E-state index in [2.05, 4.69) is 56.9 Å². The van der Waals surface area contributed by atoms with Gasteiger partial charge in [0.05, 0.1) is 6.42 Å². The maximum atomic E-state index is 11.7. The molecule has 0 spiro atoms. The highest BCUT2D eigenvalue weighted by Gasteiger charge is 2.33. The summed E-state index contributed by atoms with van der Waals surface area (Å²) >= 11 is 0. The zero-order chi connectivity index (χ0) is 20.7. The number of nitrogens with zero attached hydrogens (tertiary/aromatic N) is 1. The van der Waals surface area contributed by atoms with Crippen LogP contribution in [0.1, 0.15) is 66.0 Å². The molecule has 3 heteroatoms. The van der Waals surface area contributed by atoms with Crippen LogP contribution < -0.4 is 0 Å². The molecule has 2 aromatic rings. The molecule has 2 aromatic carbocycles. The van der Waals surface area contributed by atoms with Gasteiger partial charge in [-0.3, -0.25) is 9.69 Å². The molecule has 2 aliphatic rings. The summed E-state index contributed by atoms with van der Waals surface area (Å²) in [6.07, 6.45) is 5.36. The van der Waals surface area contributed by atoms with Crippen molar-refractivity contribution in [3.8, 4) is 11.1 Å². The van der Waals surface area contributed by atoms with E-state index in [1.54, 1.807) is 0 Å². The molecule has 0 saturated heterocycles. The third-order valence-corrected chi connectivity index (χ3v) is 7.21. The van der Waals surface area contributed by atoms with Crippen molar-refractivity contribution >= 4 is 5.97 Å². The van der Waals surface area contributed by atoms with Gasteiger partial charge in [-0.15, -0.1) is 0 Å². The molecule has 0 amide bonds. The fourth-order valence-corrected chi connectivity index (χ4v) is 5.56. The second-order valence-electron chi connectivity index (χ2n) is 9.33. The van der Waals surface area contributed by atoms with Crippen LogP contribution in [0.4, 0.5) is 0 Å². The van der Waals surface area contributed by atoms with E-state index < -0.39 is 5.97 Å². The van der Waals surface area contributed by atoms with Crippen molar-refractivity contribution in [2.45, 2.75) is 78.9 Å². The van der Waals surface area contributed by atoms with Crippen LogP contribution in [0.15, 0.2) is 24.3 Å². The summed E-state index contributed by atoms with van der Waals surface area (Å²) in [5.41, 5.74) is 9.78. The second-order valence-corrected chi connectivity index (χ2v) is 9.33. The Bertz CT molecular complexity index is 929. The van der Waals surface area contributed by atoms with Gasteiger partial charge in [0.15, 0.2) is 0 Å². The minimum atomic E-state index is -0.753. The Balaban J connectivity index is 1.78. The molecule has 1 aliphatic heterocycles. The Morgan fingerprint density at radius 1 is 1.03 bits per heavy atom. The van der Waals surface area contributed by atoms with Crippen molar-refractivity contribution in [2.75, 3.05) is 0 Å². The number of carboxylic acid groups (broad SMARTS) is 1. The Kier molecular flexibility index (Phi) is 5.52. The highest BCUT2D eigenvalue weighted by molar-refractivity contribution is 5.81. The van der Waals surface area contributed by atoms with Gasteiger partial charge in [-0.05, 0) is 78.5 Å². The molecule has 1 N–H and O–H groups in total. The van der Waals surface area contributed by atoms with Gasteiger partial charge < -0.3 is 5.11 Å². The third kappa shape index (κ3) is 3.85. The lowest BCUT2D eigenvalue weighted by Gasteiger charge is -2.34. The molecule has 0 bridgehead atoms. The Labute approximate surface area is 174 Å². The van der Waals surface area contributed by atoms with Crippen LogP contribution in [0.3, 0.4) is 0 Å². The molecule has 1 aliphatic carbocycles. The van der Waals surface area contributed by atoms with Crippen molar-refractivity contribution in [2.24, 2.45) is 5.92 Å². The van der Waals surface area contributed by atoms with E-state index in [9.17, 15) is 9.90 Å². The number of hydrogen-bond donors (Lipinski definition) is 1. The Morgan fingerprint density at radius 3 is 2.31 bits per heavy atom. The quantitative estimate of drug-likeness (QED) is 0.716. The largest absolute Gasteiger partial charge is 0.481 e. The van der Waals surface area contributed by atoms with Gasteiger partial charge in [0, 0.05) is 19.1 Å². The number of benzene rings is 2. The van der Waals surface area contributed by atoms with Crippen LogP contribution in [0.2, 0.25) is 0 Å². The molecular weight excluding hydrogens is 358 g/mol. The molecule has 3 nitrogen and oxygen atoms in total. The summed E-state index contributed by atoms with van der Waals surface area (Å²) in [4.78, 5) is 14.4. The first-order chi connectivity index (χ1) is 13.8. The molecule has 29 heavy (non-hydrogen) atoms. The van der Waals surface area contributed by atoms with Gasteiger partial charge in [0.1, 0.15) is 0 Å². The van der Waals surface area contributed by atoms with E-state index in [0.29, 0.717) is 6.04 Å². The number of rotatable bonds is 4. The zero-order valence-corrected chi connectivity index (χ0v) is 18.2. The van der Waals surface area contributed by atoms with Crippen LogP contribution in [0, 0.1) is 26.7 Å². The predicted molar refractivity (Wildman–Crippen MR) is 118 cm³/mol. The summed E-state index contributed by atoms with van der Waals surface area (Å²) < 4.78 is 0. The van der Waals surface area contributed by atoms with E-state index in [0.717, 1.165) is 35.7 Å². The first-order valence-electron chi connectivity index (χ1n) is 11.0. The SMILES string of the molecule is Cc1ccc(-c2c(C)c3c(c(C)c2CC(=O)O)CN(C2CCCC(C)C2)C3)cc1. The van der Waals surface area contributed by atoms with Crippen LogP contribution in [-0.2, 0) is 24.3 Å². The molecule has 0 aromatic heterocycles. The van der Waals surface area contributed by atoms with E-state index in [1.165, 1.54) is 53.5 Å². The summed E-state index contributed by atoms with van der Waals surface area (Å²) in [7, 11) is 0. The first kappa shape index (κ1) is 20.2. The summed E-state index contributed by atoms with van der Waals surface area (Å²) in [5, 5.41) is 9.62. The number of aliphatic carboxylic acids is 1. The van der Waals surface area contributed by atoms with Gasteiger partial charge in [-0.2, -0.15) is 0 Å². The van der Waals surface area contributed by atoms with E-state index >= 15 is 0 Å². The van der Waals surface area contributed by atoms with Crippen molar-refractivity contribution in [1.82, 2.24) is 4.90 Å². The first-order valence-corrected chi connectivity index (χ1v) is 11.0. The van der Waals surface area contributed by atoms with Crippen molar-refractivity contribution in [3.63, 3.8) is 0 Å². The van der Waals surface area contributed by atoms with Crippen molar-refractivity contribution in [1.29, 1.82) is 0 Å². The van der Waals surface area contributed by atoms with Gasteiger partial charge >= 0.3 is 5.97 Å². The fraction of sp³-hybridized carbons (Fsp3) is 0.500. The fourth-order valence-electron chi connectivity index (χ4n) is 5.56. The average molecular weight is 392 g/mol. The van der Waals surface area contributed by atoms with Gasteiger partial charge in [-0.1, -0.05) is 49.6 Å². The minimum Gasteiger partial charge on any atom is -0.481 e. The average Bonchev–Trinajstić information content (AvgIpc) is 3.13. The maximum absolute atomic E-state index is 11.7. The van der Waals surface area contributed by atoms with Crippen LogP contribution in [-0.4, -0.2) is 22.0 Å². The van der Waals surface area contributed by atoms with Crippen molar-refractivity contribution < 1.29 is 9.90 Å². The van der Waals surface area contributed by atoms with E-state index in [1.807, 2.05) is 0 Å². The summed E-state index contributed by atoms with van der Waals surface area (Å²) in [5.74, 6) is 0.0575. The standard InChI is InChI=1S/C26H33NO2/c1-16-8-10-20(11-9-16)26-19(4)24-15-27(21-7-5-6-17(2)12-21)14-23(24)18(3)22(26)13-25(28)29/h8-11,17,21H,5-7,12-15H2,1-4H3,(H,28,29). The number of hydrogen-bond acceptors (Lipinski definition) is 2. The lowest BCUT2D eigenvalue weighted by atomic mass is 9.84. The van der Waals surface area contributed by atoms with Crippen LogP contribution >= 0.6 is 0 Å². The van der Waals surface area contributed by atoms with E-state index in [4.69, 9.17) is 0 Å². The van der Waals surface area contributed by atoms with Gasteiger partial charge in [-0.25, -0.2) is 0 Å². The van der Waals surface area contributed by atoms with Gasteiger partial charge in [0.25, 0.3) is 0 Å². The normalized spacial score (nSPS) is 21.9. The zero-order valence-electron chi connectivity index (χ0n) is 18.2. The molecule has 2 atom stereocenters. The summed E-state index contributed by atoms with van der Waals surface area (Å²) in [6.45, 7) is 10.8. The topological polar surface area (TPSA) is 40.5 Å². The Hall–Kier alpha value is -2.13.